The minimum absolute atomic E-state index is 0.337. The summed E-state index contributed by atoms with van der Waals surface area (Å²) in [6.07, 6.45) is 0. The Hall–Kier alpha value is -1.79. The number of hydrogen-bond donors (Lipinski definition) is 3. The van der Waals surface area contributed by atoms with E-state index in [0.29, 0.717) is 17.3 Å². The summed E-state index contributed by atoms with van der Waals surface area (Å²) in [6, 6.07) is 4.04. The van der Waals surface area contributed by atoms with Crippen LogP contribution in [0.4, 0.5) is 4.79 Å². The van der Waals surface area contributed by atoms with Crippen molar-refractivity contribution in [3.63, 3.8) is 0 Å². The summed E-state index contributed by atoms with van der Waals surface area (Å²) in [5.74, 6) is -0.306. The number of urea groups is 1. The Labute approximate surface area is 103 Å². The smallest absolute Gasteiger partial charge is 0.318 e. The first-order chi connectivity index (χ1) is 8.02. The zero-order valence-electron chi connectivity index (χ0n) is 8.90. The molecule has 0 saturated heterocycles. The summed E-state index contributed by atoms with van der Waals surface area (Å²) in [4.78, 5) is 21.4. The van der Waals surface area contributed by atoms with E-state index in [1.54, 1.807) is 18.2 Å². The summed E-state index contributed by atoms with van der Waals surface area (Å²) in [7, 11) is 0. The van der Waals surface area contributed by atoms with E-state index in [1.165, 1.54) is 0 Å². The highest BCUT2D eigenvalue weighted by molar-refractivity contribution is 6.32. The van der Waals surface area contributed by atoms with Gasteiger partial charge in [0.1, 0.15) is 5.75 Å². The Balaban J connectivity index is 2.57. The molecular formula is C10H12ClN3O3. The number of benzene rings is 1. The van der Waals surface area contributed by atoms with Crippen LogP contribution in [0.15, 0.2) is 18.2 Å². The summed E-state index contributed by atoms with van der Waals surface area (Å²) in [5, 5.41) is 2.21. The van der Waals surface area contributed by atoms with Gasteiger partial charge in [0.05, 0.1) is 5.02 Å². The van der Waals surface area contributed by atoms with Crippen molar-refractivity contribution < 1.29 is 14.3 Å². The van der Waals surface area contributed by atoms with Crippen LogP contribution in [-0.4, -0.2) is 18.5 Å². The van der Waals surface area contributed by atoms with E-state index in [9.17, 15) is 9.59 Å². The largest absolute Gasteiger partial charge is 0.482 e. The number of primary amides is 1. The molecular weight excluding hydrogens is 246 g/mol. The van der Waals surface area contributed by atoms with Gasteiger partial charge in [-0.25, -0.2) is 4.79 Å². The number of nitrogens with two attached hydrogens (primary N) is 2. The Morgan fingerprint density at radius 2 is 2.12 bits per heavy atom. The van der Waals surface area contributed by atoms with Gasteiger partial charge >= 0.3 is 6.03 Å². The number of nitrogens with one attached hydrogen (secondary N) is 1. The van der Waals surface area contributed by atoms with Gasteiger partial charge in [-0.2, -0.15) is 0 Å². The Kier molecular flexibility index (Phi) is 4.74. The van der Waals surface area contributed by atoms with Gasteiger partial charge in [0.2, 0.25) is 0 Å². The summed E-state index contributed by atoms with van der Waals surface area (Å²) < 4.78 is 5.11. The average Bonchev–Trinajstić information content (AvgIpc) is 2.26. The SMILES string of the molecule is NCc1ccc(OCC(=O)NC(N)=O)c(Cl)c1. The van der Waals surface area contributed by atoms with Crippen molar-refractivity contribution in [2.24, 2.45) is 11.5 Å². The molecule has 17 heavy (non-hydrogen) atoms. The average molecular weight is 258 g/mol. The molecule has 0 spiro atoms. The highest BCUT2D eigenvalue weighted by atomic mass is 35.5. The third-order valence-corrected chi connectivity index (χ3v) is 2.15. The van der Waals surface area contributed by atoms with Crippen molar-refractivity contribution in [3.05, 3.63) is 28.8 Å². The van der Waals surface area contributed by atoms with E-state index in [4.69, 9.17) is 27.8 Å². The number of hydrogen-bond acceptors (Lipinski definition) is 4. The lowest BCUT2D eigenvalue weighted by Gasteiger charge is -2.08. The van der Waals surface area contributed by atoms with Crippen LogP contribution in [0.1, 0.15) is 5.56 Å². The first-order valence-electron chi connectivity index (χ1n) is 4.73. The van der Waals surface area contributed by atoms with E-state index in [2.05, 4.69) is 0 Å². The lowest BCUT2D eigenvalue weighted by molar-refractivity contribution is -0.121. The van der Waals surface area contributed by atoms with Crippen molar-refractivity contribution >= 4 is 23.5 Å². The molecule has 0 aromatic heterocycles. The normalized spacial score (nSPS) is 9.76. The van der Waals surface area contributed by atoms with Gasteiger partial charge in [-0.15, -0.1) is 0 Å². The van der Waals surface area contributed by atoms with Gasteiger partial charge in [0, 0.05) is 6.54 Å². The highest BCUT2D eigenvalue weighted by Crippen LogP contribution is 2.25. The standard InChI is InChI=1S/C10H12ClN3O3/c11-7-3-6(4-12)1-2-8(7)17-5-9(15)14-10(13)16/h1-3H,4-5,12H2,(H3,13,14,15,16). The van der Waals surface area contributed by atoms with Gasteiger partial charge in [-0.05, 0) is 17.7 Å². The lowest BCUT2D eigenvalue weighted by Crippen LogP contribution is -2.38. The third kappa shape index (κ3) is 4.29. The molecule has 0 radical (unpaired) electrons. The van der Waals surface area contributed by atoms with E-state index in [1.807, 2.05) is 5.32 Å². The fourth-order valence-electron chi connectivity index (χ4n) is 1.11. The maximum atomic E-state index is 11.1. The molecule has 0 bridgehead atoms. The van der Waals surface area contributed by atoms with Gasteiger partial charge in [0.15, 0.2) is 6.61 Å². The quantitative estimate of drug-likeness (QED) is 0.724. The first kappa shape index (κ1) is 13.3. The summed E-state index contributed by atoms with van der Waals surface area (Å²) >= 11 is 5.89. The fourth-order valence-corrected chi connectivity index (χ4v) is 1.36. The molecule has 5 N–H and O–H groups in total. The second kappa shape index (κ2) is 6.07. The van der Waals surface area contributed by atoms with Gasteiger partial charge in [-0.3, -0.25) is 10.1 Å². The minimum Gasteiger partial charge on any atom is -0.482 e. The Morgan fingerprint density at radius 1 is 1.41 bits per heavy atom. The summed E-state index contributed by atoms with van der Waals surface area (Å²) in [5.41, 5.74) is 11.0. The number of carbonyl (C=O) groups excluding carboxylic acids is 2. The molecule has 0 aliphatic rings. The molecule has 0 fully saturated rings. The van der Waals surface area contributed by atoms with Crippen LogP contribution in [0.3, 0.4) is 0 Å². The van der Waals surface area contributed by atoms with Gasteiger partial charge in [-0.1, -0.05) is 17.7 Å². The van der Waals surface area contributed by atoms with Gasteiger partial charge in [0.25, 0.3) is 5.91 Å². The van der Waals surface area contributed by atoms with Crippen molar-refractivity contribution in [2.45, 2.75) is 6.54 Å². The van der Waals surface area contributed by atoms with Crippen LogP contribution < -0.4 is 21.5 Å². The van der Waals surface area contributed by atoms with E-state index in [-0.39, 0.29) is 6.61 Å². The predicted molar refractivity (Wildman–Crippen MR) is 62.6 cm³/mol. The van der Waals surface area contributed by atoms with Crippen LogP contribution in [0, 0.1) is 0 Å². The molecule has 0 atom stereocenters. The number of halogens is 1. The van der Waals surface area contributed by atoms with Crippen LogP contribution in [0.25, 0.3) is 0 Å². The van der Waals surface area contributed by atoms with Crippen LogP contribution in [0.2, 0.25) is 5.02 Å². The van der Waals surface area contributed by atoms with Crippen molar-refractivity contribution in [3.8, 4) is 5.75 Å². The molecule has 7 heteroatoms. The Morgan fingerprint density at radius 3 is 2.65 bits per heavy atom. The number of ether oxygens (including phenoxy) is 1. The van der Waals surface area contributed by atoms with Crippen molar-refractivity contribution in [2.75, 3.05) is 6.61 Å². The molecule has 0 heterocycles. The topological polar surface area (TPSA) is 107 Å². The molecule has 92 valence electrons. The molecule has 3 amide bonds. The van der Waals surface area contributed by atoms with E-state index < -0.39 is 11.9 Å². The summed E-state index contributed by atoms with van der Waals surface area (Å²) in [6.45, 7) is 0.0206. The van der Waals surface area contributed by atoms with Crippen molar-refractivity contribution in [1.82, 2.24) is 5.32 Å². The Bertz CT molecular complexity index is 437. The number of imide groups is 1. The van der Waals surface area contributed by atoms with Gasteiger partial charge < -0.3 is 16.2 Å². The highest BCUT2D eigenvalue weighted by Gasteiger charge is 2.07. The number of rotatable bonds is 4. The lowest BCUT2D eigenvalue weighted by atomic mass is 10.2. The zero-order chi connectivity index (χ0) is 12.8. The molecule has 0 unspecified atom stereocenters. The fraction of sp³-hybridized carbons (Fsp3) is 0.200. The maximum Gasteiger partial charge on any atom is 0.318 e. The first-order valence-corrected chi connectivity index (χ1v) is 5.11. The minimum atomic E-state index is -0.928. The van der Waals surface area contributed by atoms with Crippen LogP contribution >= 0.6 is 11.6 Å². The monoisotopic (exact) mass is 257 g/mol. The molecule has 1 aromatic carbocycles. The molecule has 0 aliphatic carbocycles. The molecule has 1 rings (SSSR count). The van der Waals surface area contributed by atoms with Crippen LogP contribution in [0.5, 0.6) is 5.75 Å². The van der Waals surface area contributed by atoms with Crippen LogP contribution in [-0.2, 0) is 11.3 Å². The van der Waals surface area contributed by atoms with E-state index in [0.717, 1.165) is 5.56 Å². The zero-order valence-corrected chi connectivity index (χ0v) is 9.66. The van der Waals surface area contributed by atoms with E-state index >= 15 is 0 Å². The predicted octanol–water partition coefficient (Wildman–Crippen LogP) is 0.372. The second-order valence-electron chi connectivity index (χ2n) is 3.17. The maximum absolute atomic E-state index is 11.1. The molecule has 0 saturated carbocycles. The molecule has 0 aliphatic heterocycles. The molecule has 1 aromatic rings. The third-order valence-electron chi connectivity index (χ3n) is 1.85. The molecule has 6 nitrogen and oxygen atoms in total. The number of amides is 3. The second-order valence-corrected chi connectivity index (χ2v) is 3.58. The van der Waals surface area contributed by atoms with Crippen molar-refractivity contribution in [1.29, 1.82) is 0 Å². The number of carbonyl (C=O) groups is 2.